The van der Waals surface area contributed by atoms with Gasteiger partial charge in [0.05, 0.1) is 25.2 Å². The second-order valence-electron chi connectivity index (χ2n) is 7.56. The Morgan fingerprint density at radius 1 is 1.28 bits per heavy atom. The van der Waals surface area contributed by atoms with Crippen molar-refractivity contribution in [2.45, 2.75) is 31.7 Å². The molecular formula is C22H22N4O3. The van der Waals surface area contributed by atoms with Crippen LogP contribution in [0.3, 0.4) is 0 Å². The summed E-state index contributed by atoms with van der Waals surface area (Å²) in [6.45, 7) is 2.34. The van der Waals surface area contributed by atoms with Crippen LogP contribution in [0.15, 0.2) is 42.9 Å². The normalized spacial score (nSPS) is 17.5. The van der Waals surface area contributed by atoms with Crippen LogP contribution in [0.2, 0.25) is 0 Å². The molecule has 7 heteroatoms. The molecule has 29 heavy (non-hydrogen) atoms. The summed E-state index contributed by atoms with van der Waals surface area (Å²) in [7, 11) is 1.54. The highest BCUT2D eigenvalue weighted by molar-refractivity contribution is 5.93. The predicted octanol–water partition coefficient (Wildman–Crippen LogP) is 3.33. The number of rotatable bonds is 5. The lowest BCUT2D eigenvalue weighted by atomic mass is 10.0. The molecule has 0 unspecified atom stereocenters. The fourth-order valence-electron chi connectivity index (χ4n) is 3.72. The molecule has 1 amide bonds. The third kappa shape index (κ3) is 3.33. The molecule has 1 saturated carbocycles. The Bertz CT molecular complexity index is 1090. The summed E-state index contributed by atoms with van der Waals surface area (Å²) >= 11 is 0. The third-order valence-corrected chi connectivity index (χ3v) is 5.42. The zero-order valence-electron chi connectivity index (χ0n) is 16.4. The summed E-state index contributed by atoms with van der Waals surface area (Å²) in [5.41, 5.74) is 4.29. The van der Waals surface area contributed by atoms with E-state index in [9.17, 15) is 4.79 Å². The molecule has 0 bridgehead atoms. The number of amides is 1. The van der Waals surface area contributed by atoms with Gasteiger partial charge in [-0.15, -0.1) is 0 Å². The first kappa shape index (κ1) is 17.7. The molecule has 1 aromatic carbocycles. The molecule has 1 atom stereocenters. The van der Waals surface area contributed by atoms with Crippen LogP contribution in [0, 0.1) is 6.92 Å². The monoisotopic (exact) mass is 390 g/mol. The third-order valence-electron chi connectivity index (χ3n) is 5.42. The van der Waals surface area contributed by atoms with Crippen LogP contribution in [0.1, 0.15) is 52.1 Å². The molecule has 3 aromatic rings. The first-order valence-corrected chi connectivity index (χ1v) is 9.76. The first-order chi connectivity index (χ1) is 14.1. The molecule has 1 aliphatic heterocycles. The van der Waals surface area contributed by atoms with Crippen molar-refractivity contribution in [3.8, 4) is 17.3 Å². The maximum absolute atomic E-state index is 12.9. The summed E-state index contributed by atoms with van der Waals surface area (Å²) in [5.74, 6) is 1.61. The number of carbonyl (C=O) groups is 1. The number of ether oxygens (including phenoxy) is 2. The number of aromatic nitrogens is 3. The molecule has 2 aliphatic rings. The smallest absolute Gasteiger partial charge is 0.270 e. The topological polar surface area (TPSA) is 78.3 Å². The Balaban J connectivity index is 1.37. The van der Waals surface area contributed by atoms with E-state index in [4.69, 9.17) is 9.47 Å². The van der Waals surface area contributed by atoms with E-state index in [1.807, 2.05) is 29.8 Å². The first-order valence-electron chi connectivity index (χ1n) is 9.76. The van der Waals surface area contributed by atoms with Crippen molar-refractivity contribution >= 4 is 5.91 Å². The molecule has 1 fully saturated rings. The Hall–Kier alpha value is -3.35. The lowest BCUT2D eigenvalue weighted by molar-refractivity contribution is 0.0924. The van der Waals surface area contributed by atoms with Crippen molar-refractivity contribution in [2.75, 3.05) is 13.7 Å². The van der Waals surface area contributed by atoms with Crippen molar-refractivity contribution in [2.24, 2.45) is 0 Å². The molecule has 0 saturated heterocycles. The van der Waals surface area contributed by atoms with E-state index in [1.165, 1.54) is 25.5 Å². The number of benzene rings is 1. The molecular weight excluding hydrogens is 368 g/mol. The average Bonchev–Trinajstić information content (AvgIpc) is 3.39. The Morgan fingerprint density at radius 3 is 2.86 bits per heavy atom. The summed E-state index contributed by atoms with van der Waals surface area (Å²) < 4.78 is 13.0. The number of imidazole rings is 1. The van der Waals surface area contributed by atoms with Gasteiger partial charge in [-0.1, -0.05) is 6.07 Å². The van der Waals surface area contributed by atoms with E-state index in [1.54, 1.807) is 12.4 Å². The van der Waals surface area contributed by atoms with Crippen LogP contribution in [-0.2, 0) is 0 Å². The van der Waals surface area contributed by atoms with E-state index >= 15 is 0 Å². The fraction of sp³-hybridized carbons (Fsp3) is 0.318. The zero-order chi connectivity index (χ0) is 20.0. The number of methoxy groups -OCH3 is 1. The van der Waals surface area contributed by atoms with Crippen molar-refractivity contribution in [3.05, 3.63) is 65.4 Å². The van der Waals surface area contributed by atoms with Gasteiger partial charge in [0.2, 0.25) is 5.88 Å². The average molecular weight is 390 g/mol. The van der Waals surface area contributed by atoms with Crippen LogP contribution in [0.4, 0.5) is 0 Å². The molecule has 0 spiro atoms. The van der Waals surface area contributed by atoms with Crippen LogP contribution >= 0.6 is 0 Å². The van der Waals surface area contributed by atoms with Crippen LogP contribution < -0.4 is 14.8 Å². The quantitative estimate of drug-likeness (QED) is 0.723. The summed E-state index contributed by atoms with van der Waals surface area (Å²) in [4.78, 5) is 21.5. The van der Waals surface area contributed by atoms with Gasteiger partial charge in [0.1, 0.15) is 23.7 Å². The zero-order valence-corrected chi connectivity index (χ0v) is 16.4. The number of nitrogens with one attached hydrogen (secondary N) is 1. The molecule has 1 N–H and O–H groups in total. The number of carbonyl (C=O) groups excluding carboxylic acids is 1. The maximum Gasteiger partial charge on any atom is 0.270 e. The Kier molecular flexibility index (Phi) is 4.23. The lowest BCUT2D eigenvalue weighted by Gasteiger charge is -2.14. The predicted molar refractivity (Wildman–Crippen MR) is 107 cm³/mol. The number of hydrogen-bond acceptors (Lipinski definition) is 5. The van der Waals surface area contributed by atoms with Gasteiger partial charge in [-0.25, -0.2) is 9.97 Å². The number of pyridine rings is 1. The maximum atomic E-state index is 12.9. The minimum atomic E-state index is -0.255. The fourth-order valence-corrected chi connectivity index (χ4v) is 3.72. The van der Waals surface area contributed by atoms with Crippen molar-refractivity contribution in [3.63, 3.8) is 0 Å². The van der Waals surface area contributed by atoms with Crippen LogP contribution in [0.25, 0.3) is 5.69 Å². The summed E-state index contributed by atoms with van der Waals surface area (Å²) in [6, 6.07) is 9.64. The van der Waals surface area contributed by atoms with Gasteiger partial charge < -0.3 is 19.4 Å². The molecule has 0 radical (unpaired) electrons. The minimum absolute atomic E-state index is 0.181. The highest BCUT2D eigenvalue weighted by Crippen LogP contribution is 2.43. The standard InChI is InChI=1S/C22H22N4O3/c1-13-10-26(12-23-13)19-7-6-17(25-22(19)28-2)21(27)24-18-11-29-20-8-5-15(9-16(18)20)14-3-4-14/h5-10,12,14,18H,3-4,11H2,1-2H3,(H,24,27)/t18-/m1/s1. The highest BCUT2D eigenvalue weighted by atomic mass is 16.5. The minimum Gasteiger partial charge on any atom is -0.491 e. The molecule has 5 rings (SSSR count). The second kappa shape index (κ2) is 6.92. The molecule has 3 heterocycles. The second-order valence-corrected chi connectivity index (χ2v) is 7.56. The largest absolute Gasteiger partial charge is 0.491 e. The molecule has 148 valence electrons. The van der Waals surface area contributed by atoms with Crippen LogP contribution in [0.5, 0.6) is 11.6 Å². The summed E-state index contributed by atoms with van der Waals surface area (Å²) in [5, 5.41) is 3.05. The van der Waals surface area contributed by atoms with Gasteiger partial charge in [0.15, 0.2) is 0 Å². The van der Waals surface area contributed by atoms with Gasteiger partial charge in [0.25, 0.3) is 5.91 Å². The molecule has 7 nitrogen and oxygen atoms in total. The van der Waals surface area contributed by atoms with Crippen molar-refractivity contribution in [1.29, 1.82) is 0 Å². The lowest BCUT2D eigenvalue weighted by Crippen LogP contribution is -2.30. The van der Waals surface area contributed by atoms with E-state index < -0.39 is 0 Å². The number of aryl methyl sites for hydroxylation is 1. The van der Waals surface area contributed by atoms with Gasteiger partial charge in [-0.05, 0) is 55.5 Å². The Morgan fingerprint density at radius 2 is 2.14 bits per heavy atom. The number of fused-ring (bicyclic) bond motifs is 1. The van der Waals surface area contributed by atoms with Crippen molar-refractivity contribution < 1.29 is 14.3 Å². The summed E-state index contributed by atoms with van der Waals surface area (Å²) in [6.07, 6.45) is 6.05. The number of hydrogen-bond donors (Lipinski definition) is 1. The van der Waals surface area contributed by atoms with E-state index in [0.29, 0.717) is 24.1 Å². The Labute approximate surface area is 168 Å². The van der Waals surface area contributed by atoms with E-state index in [-0.39, 0.29) is 11.9 Å². The van der Waals surface area contributed by atoms with Gasteiger partial charge >= 0.3 is 0 Å². The van der Waals surface area contributed by atoms with Gasteiger partial charge in [-0.3, -0.25) is 4.79 Å². The SMILES string of the molecule is COc1nc(C(=O)N[C@@H]2COc3ccc(C4CC4)cc32)ccc1-n1cnc(C)c1. The van der Waals surface area contributed by atoms with Gasteiger partial charge in [-0.2, -0.15) is 0 Å². The van der Waals surface area contributed by atoms with Crippen molar-refractivity contribution in [1.82, 2.24) is 19.9 Å². The van der Waals surface area contributed by atoms with E-state index in [0.717, 1.165) is 22.7 Å². The number of nitrogens with zero attached hydrogens (tertiary/aromatic N) is 3. The van der Waals surface area contributed by atoms with Gasteiger partial charge in [0, 0.05) is 11.8 Å². The molecule has 1 aliphatic carbocycles. The van der Waals surface area contributed by atoms with Crippen LogP contribution in [-0.4, -0.2) is 34.2 Å². The van der Waals surface area contributed by atoms with E-state index in [2.05, 4.69) is 27.4 Å². The molecule has 2 aromatic heterocycles. The highest BCUT2D eigenvalue weighted by Gasteiger charge is 2.30.